The van der Waals surface area contributed by atoms with Crippen molar-refractivity contribution in [3.05, 3.63) is 23.9 Å². The molecule has 2 bridgehead atoms. The average molecular weight is 317 g/mol. The van der Waals surface area contributed by atoms with E-state index in [0.29, 0.717) is 17.4 Å². The van der Waals surface area contributed by atoms with Gasteiger partial charge in [0.2, 0.25) is 0 Å². The van der Waals surface area contributed by atoms with E-state index < -0.39 is 10.0 Å². The topological polar surface area (TPSA) is 64.0 Å². The van der Waals surface area contributed by atoms with Crippen LogP contribution in [-0.2, 0) is 10.0 Å². The first-order valence-corrected chi connectivity index (χ1v) is 9.84. The number of anilines is 1. The maximum atomic E-state index is 11.9. The predicted molar refractivity (Wildman–Crippen MR) is 85.5 cm³/mol. The Bertz CT molecular complexity index is 886. The van der Waals surface area contributed by atoms with Crippen LogP contribution in [0.15, 0.2) is 18.3 Å². The molecule has 1 aromatic heterocycles. The van der Waals surface area contributed by atoms with Crippen molar-refractivity contribution in [3.8, 4) is 0 Å². The number of nitrogens with one attached hydrogen (secondary N) is 1. The largest absolute Gasteiger partial charge is 0.384 e. The van der Waals surface area contributed by atoms with Gasteiger partial charge < -0.3 is 5.32 Å². The molecule has 0 amide bonds. The molecule has 2 heterocycles. The second-order valence-electron chi connectivity index (χ2n) is 7.11. The van der Waals surface area contributed by atoms with Gasteiger partial charge in [-0.2, -0.15) is 9.19 Å². The third kappa shape index (κ3) is 1.54. The Hall–Kier alpha value is -1.56. The quantitative estimate of drug-likeness (QED) is 0.877. The Morgan fingerprint density at radius 3 is 2.91 bits per heavy atom. The molecule has 4 unspecified atom stereocenters. The summed E-state index contributed by atoms with van der Waals surface area (Å²) in [6, 6.07) is 3.91. The van der Waals surface area contributed by atoms with Crippen LogP contribution >= 0.6 is 0 Å². The SMILES string of the molecule is CS(=O)(=O)n1ncc2c3c(ccc21)NCC1C2CCC(C2)C31. The maximum absolute atomic E-state index is 11.9. The van der Waals surface area contributed by atoms with Crippen molar-refractivity contribution in [1.29, 1.82) is 0 Å². The minimum absolute atomic E-state index is 0.580. The summed E-state index contributed by atoms with van der Waals surface area (Å²) in [6.45, 7) is 1.06. The van der Waals surface area contributed by atoms with Gasteiger partial charge in [0.1, 0.15) is 0 Å². The molecule has 2 aromatic rings. The lowest BCUT2D eigenvalue weighted by atomic mass is 9.72. The zero-order valence-electron chi connectivity index (χ0n) is 12.5. The molecule has 1 N–H and O–H groups in total. The van der Waals surface area contributed by atoms with Gasteiger partial charge in [-0.1, -0.05) is 0 Å². The molecular weight excluding hydrogens is 298 g/mol. The number of hydrogen-bond donors (Lipinski definition) is 1. The lowest BCUT2D eigenvalue weighted by Gasteiger charge is -2.37. The van der Waals surface area contributed by atoms with E-state index in [-0.39, 0.29) is 0 Å². The minimum Gasteiger partial charge on any atom is -0.384 e. The molecular formula is C16H19N3O2S. The molecule has 1 aliphatic heterocycles. The molecule has 2 saturated carbocycles. The first-order chi connectivity index (χ1) is 10.5. The molecule has 3 aliphatic rings. The van der Waals surface area contributed by atoms with Gasteiger partial charge >= 0.3 is 0 Å². The highest BCUT2D eigenvalue weighted by molar-refractivity contribution is 7.89. The first-order valence-electron chi connectivity index (χ1n) is 7.99. The van der Waals surface area contributed by atoms with Crippen LogP contribution in [0.25, 0.3) is 10.9 Å². The fourth-order valence-corrected chi connectivity index (χ4v) is 5.99. The summed E-state index contributed by atoms with van der Waals surface area (Å²) in [5.74, 6) is 2.90. The second-order valence-corrected chi connectivity index (χ2v) is 8.93. The van der Waals surface area contributed by atoms with Crippen molar-refractivity contribution in [2.45, 2.75) is 25.2 Å². The van der Waals surface area contributed by atoms with Crippen molar-refractivity contribution in [2.75, 3.05) is 18.1 Å². The van der Waals surface area contributed by atoms with E-state index in [9.17, 15) is 8.42 Å². The van der Waals surface area contributed by atoms with Crippen LogP contribution < -0.4 is 5.32 Å². The fraction of sp³-hybridized carbons (Fsp3) is 0.562. The van der Waals surface area contributed by atoms with Gasteiger partial charge in [-0.25, -0.2) is 8.42 Å². The molecule has 4 atom stereocenters. The van der Waals surface area contributed by atoms with Crippen LogP contribution in [0.5, 0.6) is 0 Å². The number of rotatable bonds is 1. The highest BCUT2D eigenvalue weighted by Crippen LogP contribution is 2.60. The van der Waals surface area contributed by atoms with Crippen LogP contribution in [0.4, 0.5) is 5.69 Å². The Labute approximate surface area is 129 Å². The minimum atomic E-state index is -3.36. The van der Waals surface area contributed by atoms with E-state index >= 15 is 0 Å². The number of fused-ring (bicyclic) bond motifs is 9. The first kappa shape index (κ1) is 12.9. The zero-order chi connectivity index (χ0) is 15.1. The highest BCUT2D eigenvalue weighted by atomic mass is 32.2. The number of benzene rings is 1. The molecule has 1 aromatic carbocycles. The van der Waals surface area contributed by atoms with Crippen LogP contribution in [0.2, 0.25) is 0 Å². The molecule has 2 fully saturated rings. The molecule has 5 rings (SSSR count). The van der Waals surface area contributed by atoms with E-state index in [4.69, 9.17) is 0 Å². The predicted octanol–water partition coefficient (Wildman–Crippen LogP) is 2.40. The van der Waals surface area contributed by atoms with Crippen LogP contribution in [0.3, 0.4) is 0 Å². The molecule has 0 radical (unpaired) electrons. The molecule has 0 spiro atoms. The maximum Gasteiger partial charge on any atom is 0.251 e. The fourth-order valence-electron chi connectivity index (χ4n) is 5.26. The molecule has 2 aliphatic carbocycles. The van der Waals surface area contributed by atoms with Crippen LogP contribution in [-0.4, -0.2) is 30.4 Å². The highest BCUT2D eigenvalue weighted by Gasteiger charge is 2.50. The summed E-state index contributed by atoms with van der Waals surface area (Å²) >= 11 is 0. The normalized spacial score (nSPS) is 32.8. The van der Waals surface area contributed by atoms with Crippen molar-refractivity contribution in [1.82, 2.24) is 9.19 Å². The van der Waals surface area contributed by atoms with Crippen molar-refractivity contribution < 1.29 is 8.42 Å². The van der Waals surface area contributed by atoms with Crippen molar-refractivity contribution >= 4 is 26.6 Å². The number of hydrogen-bond acceptors (Lipinski definition) is 4. The third-order valence-corrected chi connectivity index (χ3v) is 6.95. The average Bonchev–Trinajstić information content (AvgIpc) is 3.19. The molecule has 22 heavy (non-hydrogen) atoms. The van der Waals surface area contributed by atoms with E-state index in [1.807, 2.05) is 12.1 Å². The number of aromatic nitrogens is 2. The van der Waals surface area contributed by atoms with E-state index in [2.05, 4.69) is 10.4 Å². The molecule has 116 valence electrons. The Morgan fingerprint density at radius 1 is 1.27 bits per heavy atom. The lowest BCUT2D eigenvalue weighted by molar-refractivity contribution is 0.296. The van der Waals surface area contributed by atoms with Gasteiger partial charge in [-0.15, -0.1) is 0 Å². The monoisotopic (exact) mass is 317 g/mol. The van der Waals surface area contributed by atoms with Crippen LogP contribution in [0, 0.1) is 17.8 Å². The van der Waals surface area contributed by atoms with Gasteiger partial charge in [0.25, 0.3) is 10.0 Å². The number of nitrogens with zero attached hydrogens (tertiary/aromatic N) is 2. The van der Waals surface area contributed by atoms with E-state index in [1.54, 1.807) is 6.20 Å². The lowest BCUT2D eigenvalue weighted by Crippen LogP contribution is -2.32. The van der Waals surface area contributed by atoms with E-state index in [0.717, 1.165) is 23.8 Å². The summed E-state index contributed by atoms with van der Waals surface area (Å²) in [6.07, 6.45) is 6.97. The Morgan fingerprint density at radius 2 is 2.09 bits per heavy atom. The summed E-state index contributed by atoms with van der Waals surface area (Å²) in [7, 11) is -3.36. The molecule has 0 saturated heterocycles. The summed E-state index contributed by atoms with van der Waals surface area (Å²) in [5, 5.41) is 8.74. The molecule has 6 heteroatoms. The summed E-state index contributed by atoms with van der Waals surface area (Å²) < 4.78 is 25.0. The zero-order valence-corrected chi connectivity index (χ0v) is 13.3. The van der Waals surface area contributed by atoms with Gasteiger partial charge in [0.05, 0.1) is 18.0 Å². The Balaban J connectivity index is 1.77. The standard InChI is InChI=1S/C16H19N3O2S/c1-22(20,21)19-14-5-4-13-16(12(14)8-18-19)15-10-3-2-9(6-10)11(15)7-17-13/h4-5,8-11,15,17H,2-3,6-7H2,1H3. The smallest absolute Gasteiger partial charge is 0.251 e. The molecule has 5 nitrogen and oxygen atoms in total. The summed E-state index contributed by atoms with van der Waals surface area (Å²) in [4.78, 5) is 0. The van der Waals surface area contributed by atoms with Gasteiger partial charge in [-0.3, -0.25) is 0 Å². The van der Waals surface area contributed by atoms with Crippen LogP contribution in [0.1, 0.15) is 30.7 Å². The van der Waals surface area contributed by atoms with E-state index in [1.165, 1.54) is 40.9 Å². The van der Waals surface area contributed by atoms with Gasteiger partial charge in [0.15, 0.2) is 0 Å². The third-order valence-electron chi connectivity index (χ3n) is 6.03. The Kier molecular flexibility index (Phi) is 2.38. The van der Waals surface area contributed by atoms with Gasteiger partial charge in [0, 0.05) is 17.6 Å². The summed E-state index contributed by atoms with van der Waals surface area (Å²) in [5.41, 5.74) is 3.21. The van der Waals surface area contributed by atoms with Gasteiger partial charge in [-0.05, 0) is 60.6 Å². The second kappa shape index (κ2) is 4.04. The van der Waals surface area contributed by atoms with Crippen molar-refractivity contribution in [2.24, 2.45) is 17.8 Å². The van der Waals surface area contributed by atoms with Crippen molar-refractivity contribution in [3.63, 3.8) is 0 Å².